The van der Waals surface area contributed by atoms with Gasteiger partial charge in [-0.25, -0.2) is 0 Å². The maximum Gasteiger partial charge on any atom is 0.306 e. The van der Waals surface area contributed by atoms with Gasteiger partial charge in [-0.1, -0.05) is 50.3 Å². The van der Waals surface area contributed by atoms with Crippen molar-refractivity contribution in [3.8, 4) is 0 Å². The van der Waals surface area contributed by atoms with Gasteiger partial charge >= 0.3 is 5.97 Å². The third-order valence-corrected chi connectivity index (χ3v) is 15.6. The lowest BCUT2D eigenvalue weighted by Gasteiger charge is -2.48. The smallest absolute Gasteiger partial charge is 0.306 e. The Morgan fingerprint density at radius 1 is 0.871 bits per heavy atom. The Hall–Kier alpha value is -2.30. The Bertz CT molecular complexity index is 1660. The molecule has 0 radical (unpaired) electrons. The molecule has 1 aromatic rings. The molecule has 3 unspecified atom stereocenters. The summed E-state index contributed by atoms with van der Waals surface area (Å²) < 4.78 is 50.3. The number of nitrogens with one attached hydrogen (secondary N) is 1. The summed E-state index contributed by atoms with van der Waals surface area (Å²) in [5.74, 6) is -1.72. The first-order chi connectivity index (χ1) is 29.8. The fraction of sp³-hybridized carbons (Fsp3) is 0.796. The van der Waals surface area contributed by atoms with Crippen LogP contribution in [-0.2, 0) is 47.5 Å². The number of ether oxygens (including phenoxy) is 8. The molecule has 3 aliphatic heterocycles. The van der Waals surface area contributed by atoms with Gasteiger partial charge in [0.2, 0.25) is 0 Å². The third-order valence-electron chi connectivity index (χ3n) is 15.6. The van der Waals surface area contributed by atoms with Crippen LogP contribution in [0.2, 0.25) is 0 Å². The Morgan fingerprint density at radius 3 is 2.24 bits per heavy atom. The summed E-state index contributed by atoms with van der Waals surface area (Å²) in [6, 6.07) is 9.99. The van der Waals surface area contributed by atoms with Crippen molar-refractivity contribution in [3.63, 3.8) is 0 Å². The lowest BCUT2D eigenvalue weighted by molar-refractivity contribution is -0.314. The van der Waals surface area contributed by atoms with Gasteiger partial charge < -0.3 is 53.2 Å². The van der Waals surface area contributed by atoms with Gasteiger partial charge in [-0.15, -0.1) is 0 Å². The number of nitrogens with zero attached hydrogens (tertiary/aromatic N) is 1. The highest BCUT2D eigenvalue weighted by Gasteiger charge is 2.60. The monoisotopic (exact) mass is 869 g/mol. The van der Waals surface area contributed by atoms with Gasteiger partial charge in [-0.3, -0.25) is 9.59 Å². The number of benzene rings is 1. The molecule has 0 spiro atoms. The van der Waals surface area contributed by atoms with E-state index in [1.54, 1.807) is 21.3 Å². The zero-order chi connectivity index (χ0) is 44.4. The van der Waals surface area contributed by atoms with E-state index in [1.165, 1.54) is 0 Å². The summed E-state index contributed by atoms with van der Waals surface area (Å²) in [5, 5.41) is 16.5. The third kappa shape index (κ3) is 9.93. The predicted molar refractivity (Wildman–Crippen MR) is 233 cm³/mol. The number of hydrogen-bond acceptors (Lipinski definition) is 13. The van der Waals surface area contributed by atoms with Gasteiger partial charge in [0.25, 0.3) is 0 Å². The predicted octanol–water partition coefficient (Wildman–Crippen LogP) is 6.01. The zero-order valence-electron chi connectivity index (χ0n) is 38.9. The molecule has 0 bridgehead atoms. The van der Waals surface area contributed by atoms with E-state index in [-0.39, 0.29) is 84.5 Å². The number of cyclic esters (lactones) is 1. The molecule has 20 atom stereocenters. The first-order valence-electron chi connectivity index (χ1n) is 23.6. The molecule has 13 heteroatoms. The molecule has 13 nitrogen and oxygen atoms in total. The molecule has 6 aliphatic rings. The van der Waals surface area contributed by atoms with Crippen LogP contribution in [0.4, 0.5) is 0 Å². The highest BCUT2D eigenvalue weighted by Crippen LogP contribution is 2.57. The standard InChI is InChI=1S/C49H76N2O11/c1-11-31-18-15-19-39(62-41-21-20-38(51(6)7)28(4)58-41)26(2)44(53)37-24-34-33-22-32(61-49-48(57-10)47(56-9)46(55-8)29(5)59-49)23-36(33)45(54)43(42(34)35(37)25-40(52)60-31)50-27(3)30-16-13-12-14-17-30/h12-14,16-17,24,26-29,31-36,38-39,41-43,45-50,54H,11,15,18-23,25H2,1-10H3/t26-,27-,28?,29?,31+,32+,33+,34+,35-,36-,38+,39+,41+,42-,43-,45-,46+,47-,48?,49+/m1/s1. The average molecular weight is 869 g/mol. The summed E-state index contributed by atoms with van der Waals surface area (Å²) in [6.07, 6.45) is 3.67. The molecule has 3 aliphatic carbocycles. The normalized spacial score (nSPS) is 43.4. The number of aliphatic hydroxyl groups is 1. The van der Waals surface area contributed by atoms with Crippen LogP contribution in [0.15, 0.2) is 42.0 Å². The number of ketones is 1. The van der Waals surface area contributed by atoms with E-state index < -0.39 is 48.8 Å². The lowest BCUT2D eigenvalue weighted by Crippen LogP contribution is -2.59. The van der Waals surface area contributed by atoms with Crippen molar-refractivity contribution in [2.75, 3.05) is 35.4 Å². The second kappa shape index (κ2) is 20.9. The number of likely N-dealkylation sites (N-methyl/N-ethyl adjacent to an activating group) is 1. The zero-order valence-corrected chi connectivity index (χ0v) is 38.9. The fourth-order valence-electron chi connectivity index (χ4n) is 12.4. The molecule has 62 heavy (non-hydrogen) atoms. The summed E-state index contributed by atoms with van der Waals surface area (Å²) in [6.45, 7) is 10.2. The lowest BCUT2D eigenvalue weighted by atomic mass is 9.62. The topological polar surface area (TPSA) is 143 Å². The van der Waals surface area contributed by atoms with E-state index in [2.05, 4.69) is 63.3 Å². The van der Waals surface area contributed by atoms with Crippen LogP contribution < -0.4 is 5.32 Å². The number of hydrogen-bond donors (Lipinski definition) is 2. The maximum atomic E-state index is 15.2. The quantitative estimate of drug-likeness (QED) is 0.237. The number of methoxy groups -OCH3 is 3. The molecule has 3 heterocycles. The van der Waals surface area contributed by atoms with Gasteiger partial charge in [0, 0.05) is 51.3 Å². The number of carbonyl (C=O) groups is 2. The Labute approximate surface area is 370 Å². The molecule has 3 saturated heterocycles. The van der Waals surface area contributed by atoms with Crippen LogP contribution in [0.1, 0.15) is 104 Å². The van der Waals surface area contributed by atoms with Crippen LogP contribution in [0.3, 0.4) is 0 Å². The van der Waals surface area contributed by atoms with Gasteiger partial charge in [0.05, 0.1) is 36.9 Å². The maximum absolute atomic E-state index is 15.2. The second-order valence-corrected chi connectivity index (χ2v) is 19.4. The van der Waals surface area contributed by atoms with E-state index in [0.717, 1.165) is 24.8 Å². The van der Waals surface area contributed by atoms with Crippen LogP contribution in [-0.4, -0.2) is 137 Å². The summed E-state index contributed by atoms with van der Waals surface area (Å²) in [4.78, 5) is 31.5. The van der Waals surface area contributed by atoms with E-state index in [4.69, 9.17) is 37.9 Å². The van der Waals surface area contributed by atoms with Crippen molar-refractivity contribution < 1.29 is 52.6 Å². The Morgan fingerprint density at radius 2 is 1.58 bits per heavy atom. The van der Waals surface area contributed by atoms with E-state index in [0.29, 0.717) is 43.7 Å². The van der Waals surface area contributed by atoms with Crippen LogP contribution >= 0.6 is 0 Å². The number of fused-ring (bicyclic) bond motifs is 5. The van der Waals surface area contributed by atoms with Crippen molar-refractivity contribution in [1.29, 1.82) is 0 Å². The van der Waals surface area contributed by atoms with Gasteiger partial charge in [0.15, 0.2) is 18.4 Å². The van der Waals surface area contributed by atoms with Crippen molar-refractivity contribution in [1.82, 2.24) is 10.2 Å². The van der Waals surface area contributed by atoms with Gasteiger partial charge in [0.1, 0.15) is 24.4 Å². The van der Waals surface area contributed by atoms with Crippen molar-refractivity contribution in [2.24, 2.45) is 35.5 Å². The number of Topliss-reactive ketones (excluding diaryl/α,β-unsaturated/α-hetero) is 1. The minimum Gasteiger partial charge on any atom is -0.462 e. The van der Waals surface area contributed by atoms with Crippen LogP contribution in [0.5, 0.6) is 0 Å². The minimum absolute atomic E-state index is 0.00219. The van der Waals surface area contributed by atoms with Crippen LogP contribution in [0, 0.1) is 35.5 Å². The van der Waals surface area contributed by atoms with Gasteiger partial charge in [-0.2, -0.15) is 0 Å². The highest BCUT2D eigenvalue weighted by atomic mass is 16.7. The Kier molecular flexibility index (Phi) is 16.1. The molecule has 0 aromatic heterocycles. The molecule has 1 aromatic carbocycles. The summed E-state index contributed by atoms with van der Waals surface area (Å²) in [5.41, 5.74) is 1.75. The van der Waals surface area contributed by atoms with Crippen molar-refractivity contribution in [2.45, 2.75) is 178 Å². The van der Waals surface area contributed by atoms with Gasteiger partial charge in [-0.05, 0) is 121 Å². The summed E-state index contributed by atoms with van der Waals surface area (Å²) in [7, 11) is 9.08. The van der Waals surface area contributed by atoms with Crippen molar-refractivity contribution >= 4 is 11.8 Å². The SMILES string of the molecule is CC[C@H]1CCC[C@H](O[C@H]2CC[C@H](N(C)C)C(C)O2)[C@@H](C)C(=O)C2=C[C@H]3[C@@H]4C[C@H](O[C@@H]5OC(C)[C@H](OC)[C@@H](OC)C5OC)C[C@H]4[C@@H](O)[C@H](N[C@H](C)c4ccccc4)[C@H]3[C@@H]2CC(=O)O1. The average Bonchev–Trinajstić information content (AvgIpc) is 3.85. The molecule has 5 fully saturated rings. The number of carbonyl (C=O) groups excluding carboxylic acids is 2. The molecule has 2 saturated carbocycles. The Balaban J connectivity index is 1.21. The number of allylic oxidation sites excluding steroid dienone is 2. The molecule has 7 rings (SSSR count). The highest BCUT2D eigenvalue weighted by molar-refractivity contribution is 5.99. The molecule has 0 amide bonds. The molecular formula is C49H76N2O11. The second-order valence-electron chi connectivity index (χ2n) is 19.4. The van der Waals surface area contributed by atoms with Crippen molar-refractivity contribution in [3.05, 3.63) is 47.5 Å². The van der Waals surface area contributed by atoms with Crippen LogP contribution in [0.25, 0.3) is 0 Å². The number of esters is 1. The van der Waals surface area contributed by atoms with E-state index >= 15 is 4.79 Å². The number of aliphatic hydroxyl groups excluding tert-OH is 1. The first-order valence-corrected chi connectivity index (χ1v) is 23.6. The van der Waals surface area contributed by atoms with E-state index in [1.807, 2.05) is 32.0 Å². The molecular weight excluding hydrogens is 793 g/mol. The van der Waals surface area contributed by atoms with E-state index in [9.17, 15) is 9.90 Å². The molecule has 348 valence electrons. The first kappa shape index (κ1) is 47.7. The molecule has 2 N–H and O–H groups in total. The number of rotatable bonds is 12. The minimum atomic E-state index is -0.774. The summed E-state index contributed by atoms with van der Waals surface area (Å²) >= 11 is 0. The fourth-order valence-corrected chi connectivity index (χ4v) is 12.4. The largest absolute Gasteiger partial charge is 0.462 e.